The van der Waals surface area contributed by atoms with Crippen molar-refractivity contribution < 1.29 is 13.6 Å². The van der Waals surface area contributed by atoms with Crippen LogP contribution in [0, 0.1) is 11.7 Å². The summed E-state index contributed by atoms with van der Waals surface area (Å²) >= 11 is 0. The Balaban J connectivity index is 4.86. The molecule has 0 spiro atoms. The van der Waals surface area contributed by atoms with E-state index in [-0.39, 0.29) is 12.2 Å². The predicted molar refractivity (Wildman–Crippen MR) is 70.7 cm³/mol. The third-order valence-electron chi connectivity index (χ3n) is 1.81. The minimum atomic E-state index is -3.31. The summed E-state index contributed by atoms with van der Waals surface area (Å²) in [7, 11) is -3.31. The van der Waals surface area contributed by atoms with Crippen molar-refractivity contribution in [2.75, 3.05) is 13.1 Å². The molecule has 0 aromatic heterocycles. The lowest BCUT2D eigenvalue weighted by Gasteiger charge is -2.18. The first-order valence-corrected chi connectivity index (χ1v) is 7.62. The highest BCUT2D eigenvalue weighted by molar-refractivity contribution is 7.59. The molecule has 0 unspecified atom stereocenters. The fourth-order valence-corrected chi connectivity index (χ4v) is 2.68. The van der Waals surface area contributed by atoms with Gasteiger partial charge in [0.05, 0.1) is 12.2 Å². The van der Waals surface area contributed by atoms with Crippen molar-refractivity contribution in [2.45, 2.75) is 53.8 Å². The van der Waals surface area contributed by atoms with Crippen molar-refractivity contribution in [2.24, 2.45) is 0 Å². The van der Waals surface area contributed by atoms with Gasteiger partial charge in [0.2, 0.25) is 0 Å². The van der Waals surface area contributed by atoms with Gasteiger partial charge in [-0.3, -0.25) is 9.05 Å². The zero-order chi connectivity index (χ0) is 13.5. The van der Waals surface area contributed by atoms with E-state index in [0.29, 0.717) is 0 Å². The van der Waals surface area contributed by atoms with E-state index < -0.39 is 7.60 Å². The molecule has 0 aliphatic heterocycles. The highest BCUT2D eigenvalue weighted by atomic mass is 31.2. The van der Waals surface area contributed by atoms with Crippen LogP contribution in [0.2, 0.25) is 0 Å². The van der Waals surface area contributed by atoms with Crippen LogP contribution < -0.4 is 0 Å². The van der Waals surface area contributed by atoms with E-state index in [1.165, 1.54) is 0 Å². The fraction of sp³-hybridized carbons (Fsp3) is 0.833. The van der Waals surface area contributed by atoms with Crippen molar-refractivity contribution in [1.82, 2.24) is 4.90 Å². The monoisotopic (exact) mass is 261 g/mol. The van der Waals surface area contributed by atoms with Crippen LogP contribution in [-0.4, -0.2) is 30.2 Å². The van der Waals surface area contributed by atoms with E-state index in [0.717, 1.165) is 13.1 Å². The number of rotatable bonds is 6. The molecule has 0 bridgehead atoms. The summed E-state index contributed by atoms with van der Waals surface area (Å²) in [6.45, 7) is 12.8. The lowest BCUT2D eigenvalue weighted by atomic mass is 10.5. The van der Waals surface area contributed by atoms with Crippen LogP contribution >= 0.6 is 7.60 Å². The topological polar surface area (TPSA) is 38.8 Å². The fourth-order valence-electron chi connectivity index (χ4n) is 1.15. The predicted octanol–water partition coefficient (Wildman–Crippen LogP) is 3.29. The van der Waals surface area contributed by atoms with Crippen LogP contribution in [-0.2, 0) is 13.6 Å². The van der Waals surface area contributed by atoms with Gasteiger partial charge in [0.15, 0.2) is 0 Å². The lowest BCUT2D eigenvalue weighted by molar-refractivity contribution is 0.150. The molecule has 0 aliphatic carbocycles. The largest absolute Gasteiger partial charge is 0.407 e. The van der Waals surface area contributed by atoms with Gasteiger partial charge in [-0.05, 0) is 41.5 Å². The Kier molecular flexibility index (Phi) is 7.54. The first-order valence-electron chi connectivity index (χ1n) is 6.07. The highest BCUT2D eigenvalue weighted by Gasteiger charge is 2.25. The third-order valence-corrected chi connectivity index (χ3v) is 3.58. The molecule has 0 amide bonds. The molecule has 0 N–H and O–H groups in total. The van der Waals surface area contributed by atoms with Crippen LogP contribution in [0.5, 0.6) is 0 Å². The molecule has 0 aliphatic rings. The maximum atomic E-state index is 12.3. The van der Waals surface area contributed by atoms with Crippen molar-refractivity contribution in [3.05, 3.63) is 0 Å². The summed E-state index contributed by atoms with van der Waals surface area (Å²) in [5, 5.41) is 0. The molecule has 0 rings (SSSR count). The average Bonchev–Trinajstić information content (AvgIpc) is 2.16. The van der Waals surface area contributed by atoms with Gasteiger partial charge in [-0.25, -0.2) is 4.57 Å². The summed E-state index contributed by atoms with van der Waals surface area (Å²) in [6, 6.07) is 2.84. The Labute approximate surface area is 105 Å². The lowest BCUT2D eigenvalue weighted by Crippen LogP contribution is -2.16. The maximum Gasteiger partial charge on any atom is 0.407 e. The molecule has 17 heavy (non-hydrogen) atoms. The quantitative estimate of drug-likeness (QED) is 0.418. The van der Waals surface area contributed by atoms with Crippen LogP contribution in [0.15, 0.2) is 0 Å². The Bertz CT molecular complexity index is 299. The molecule has 4 nitrogen and oxygen atoms in total. The van der Waals surface area contributed by atoms with E-state index in [1.807, 2.05) is 46.4 Å². The normalized spacial score (nSPS) is 11.5. The maximum absolute atomic E-state index is 12.3. The molecule has 0 saturated heterocycles. The molecule has 5 heteroatoms. The first-order chi connectivity index (χ1) is 7.83. The van der Waals surface area contributed by atoms with Gasteiger partial charge in [0.25, 0.3) is 0 Å². The van der Waals surface area contributed by atoms with Gasteiger partial charge in [-0.1, -0.05) is 0 Å². The van der Waals surface area contributed by atoms with E-state index >= 15 is 0 Å². The Morgan fingerprint density at radius 3 is 1.76 bits per heavy atom. The second-order valence-electron chi connectivity index (χ2n) is 4.20. The Hall–Kier alpha value is -0.490. The summed E-state index contributed by atoms with van der Waals surface area (Å²) in [6.07, 6.45) is -0.351. The van der Waals surface area contributed by atoms with E-state index in [2.05, 4.69) is 11.7 Å². The number of hydrogen-bond donors (Lipinski definition) is 0. The molecule has 0 heterocycles. The van der Waals surface area contributed by atoms with Crippen LogP contribution in [0.3, 0.4) is 0 Å². The van der Waals surface area contributed by atoms with Gasteiger partial charge in [-0.15, -0.1) is 0 Å². The van der Waals surface area contributed by atoms with Gasteiger partial charge in [0.1, 0.15) is 0 Å². The van der Waals surface area contributed by atoms with Crippen LogP contribution in [0.1, 0.15) is 41.5 Å². The van der Waals surface area contributed by atoms with Crippen LogP contribution in [0.25, 0.3) is 0 Å². The molecule has 0 saturated carbocycles. The van der Waals surface area contributed by atoms with Crippen LogP contribution in [0.4, 0.5) is 0 Å². The minimum absolute atomic E-state index is 0.175. The Morgan fingerprint density at radius 1 is 1.06 bits per heavy atom. The standard InChI is InChI=1S/C12H24NO3P/c1-7-13(8-2)9-10-17(14,15-11(3)4)16-12(5)6/h11-12H,7-8H2,1-6H3. The summed E-state index contributed by atoms with van der Waals surface area (Å²) in [5.41, 5.74) is 2.65. The zero-order valence-corrected chi connectivity index (χ0v) is 12.6. The highest BCUT2D eigenvalue weighted by Crippen LogP contribution is 2.49. The van der Waals surface area contributed by atoms with Gasteiger partial charge in [0, 0.05) is 24.8 Å². The molecule has 0 fully saturated rings. The molecular formula is C12H24NO3P. The SMILES string of the molecule is CCN(C#CP(=O)(OC(C)C)OC(C)C)CC. The summed E-state index contributed by atoms with van der Waals surface area (Å²) in [4.78, 5) is 1.86. The van der Waals surface area contributed by atoms with Gasteiger partial charge >= 0.3 is 7.60 Å². The minimum Gasteiger partial charge on any atom is -0.333 e. The average molecular weight is 261 g/mol. The van der Waals surface area contributed by atoms with Crippen molar-refractivity contribution in [3.63, 3.8) is 0 Å². The zero-order valence-electron chi connectivity index (χ0n) is 11.7. The molecule has 0 aromatic rings. The van der Waals surface area contributed by atoms with Crippen molar-refractivity contribution >= 4 is 7.60 Å². The second-order valence-corrected chi connectivity index (χ2v) is 5.84. The van der Waals surface area contributed by atoms with Gasteiger partial charge < -0.3 is 4.90 Å². The molecule has 0 radical (unpaired) electrons. The van der Waals surface area contributed by atoms with Gasteiger partial charge in [-0.2, -0.15) is 0 Å². The smallest absolute Gasteiger partial charge is 0.333 e. The molecule has 0 aromatic carbocycles. The third kappa shape index (κ3) is 7.44. The first kappa shape index (κ1) is 16.5. The summed E-state index contributed by atoms with van der Waals surface area (Å²) < 4.78 is 23.0. The second kappa shape index (κ2) is 7.76. The molecule has 0 atom stereocenters. The van der Waals surface area contributed by atoms with E-state index in [4.69, 9.17) is 9.05 Å². The van der Waals surface area contributed by atoms with Crippen molar-refractivity contribution in [1.29, 1.82) is 0 Å². The van der Waals surface area contributed by atoms with E-state index in [1.54, 1.807) is 0 Å². The Morgan fingerprint density at radius 2 is 1.47 bits per heavy atom. The van der Waals surface area contributed by atoms with Crippen molar-refractivity contribution in [3.8, 4) is 11.7 Å². The number of nitrogens with zero attached hydrogens (tertiary/aromatic N) is 1. The summed E-state index contributed by atoms with van der Waals surface area (Å²) in [5.74, 6) is 0. The number of hydrogen-bond acceptors (Lipinski definition) is 4. The molecule has 100 valence electrons. The van der Waals surface area contributed by atoms with E-state index in [9.17, 15) is 4.57 Å². The molecular weight excluding hydrogens is 237 g/mol.